The molecule has 2 saturated heterocycles. The van der Waals surface area contributed by atoms with Gasteiger partial charge in [-0.1, -0.05) is 91.0 Å². The van der Waals surface area contributed by atoms with Crippen molar-refractivity contribution in [2.24, 2.45) is 0 Å². The molecule has 0 aliphatic carbocycles. The second-order valence-corrected chi connectivity index (χ2v) is 11.0. The molecule has 6 rings (SSSR count). The number of nitrogen functional groups attached to an aromatic ring is 1. The first kappa shape index (κ1) is 26.3. The number of hydrogen-bond donors (Lipinski definition) is 2. The summed E-state index contributed by atoms with van der Waals surface area (Å²) in [5.41, 5.74) is 8.94. The fourth-order valence-electron chi connectivity index (χ4n) is 6.31. The summed E-state index contributed by atoms with van der Waals surface area (Å²) in [4.78, 5) is 2.96. The Morgan fingerprint density at radius 2 is 1.43 bits per heavy atom. The maximum Gasteiger partial charge on any atom is 0.164 e. The first-order valence-corrected chi connectivity index (χ1v) is 13.5. The second kappa shape index (κ2) is 9.92. The first-order chi connectivity index (χ1) is 19.3. The minimum Gasteiger partial charge on any atom is -0.396 e. The number of nitriles is 1. The molecule has 204 valence electrons. The minimum absolute atomic E-state index is 0.213. The Morgan fingerprint density at radius 3 is 1.90 bits per heavy atom. The lowest BCUT2D eigenvalue weighted by molar-refractivity contribution is -0.210. The molecule has 2 aliphatic rings. The summed E-state index contributed by atoms with van der Waals surface area (Å²) < 4.78 is 26.7. The van der Waals surface area contributed by atoms with E-state index in [2.05, 4.69) is 47.5 Å². The predicted molar refractivity (Wildman–Crippen MR) is 151 cm³/mol. The van der Waals surface area contributed by atoms with Crippen molar-refractivity contribution in [2.45, 2.75) is 56.1 Å². The quantitative estimate of drug-likeness (QED) is 0.289. The smallest absolute Gasteiger partial charge is 0.164 e. The highest BCUT2D eigenvalue weighted by atomic mass is 16.8. The van der Waals surface area contributed by atoms with Gasteiger partial charge in [-0.05, 0) is 37.5 Å². The van der Waals surface area contributed by atoms with Crippen molar-refractivity contribution in [3.8, 4) is 6.07 Å². The van der Waals surface area contributed by atoms with E-state index >= 15 is 0 Å². The van der Waals surface area contributed by atoms with Gasteiger partial charge in [-0.3, -0.25) is 0 Å². The van der Waals surface area contributed by atoms with E-state index in [4.69, 9.17) is 24.7 Å². The number of hydrogen-bond acceptors (Lipinski definition) is 6. The van der Waals surface area contributed by atoms with Crippen LogP contribution >= 0.6 is 0 Å². The Hall–Kier alpha value is -3.93. The fraction of sp³-hybridized carbons (Fsp3) is 0.303. The average Bonchev–Trinajstić information content (AvgIpc) is 3.55. The third kappa shape index (κ3) is 4.21. The van der Waals surface area contributed by atoms with Crippen LogP contribution < -0.4 is 5.73 Å². The number of rotatable bonds is 7. The van der Waals surface area contributed by atoms with Crippen molar-refractivity contribution in [1.29, 1.82) is 5.26 Å². The van der Waals surface area contributed by atoms with E-state index in [1.54, 1.807) is 6.20 Å². The molecular weight excluding hydrogens is 502 g/mol. The molecule has 0 bridgehead atoms. The summed E-state index contributed by atoms with van der Waals surface area (Å²) >= 11 is 0. The molecule has 2 fully saturated rings. The number of aromatic amines is 1. The summed E-state index contributed by atoms with van der Waals surface area (Å²) in [7, 11) is 0. The standard InChI is InChI=1S/C33H33N3O4/c1-31(2)39-30-27(38-29(32(30,3)40-31)25-20-36-26(19-34)28(25)35)21-37-33(22-13-7-4-8-14-22,23-15-9-5-10-16-23)24-17-11-6-12-18-24/h4-18,20,27,29-30,36H,21,35H2,1-3H3/t27-,29+,30-,32+/m1/s1. The molecule has 7 heteroatoms. The number of nitrogens with two attached hydrogens (primary N) is 1. The monoisotopic (exact) mass is 535 g/mol. The topological polar surface area (TPSA) is 103 Å². The molecule has 2 aliphatic heterocycles. The van der Waals surface area contributed by atoms with Crippen LogP contribution in [0.2, 0.25) is 0 Å². The van der Waals surface area contributed by atoms with Crippen molar-refractivity contribution in [2.75, 3.05) is 12.3 Å². The number of aromatic nitrogens is 1. The van der Waals surface area contributed by atoms with Crippen LogP contribution in [-0.4, -0.2) is 35.2 Å². The van der Waals surface area contributed by atoms with Crippen LogP contribution in [0.1, 0.15) is 54.8 Å². The lowest BCUT2D eigenvalue weighted by Gasteiger charge is -2.37. The number of anilines is 1. The normalized spacial score (nSPS) is 25.4. The molecule has 0 spiro atoms. The van der Waals surface area contributed by atoms with Gasteiger partial charge in [0.05, 0.1) is 12.3 Å². The maximum atomic E-state index is 9.48. The Kier molecular flexibility index (Phi) is 6.52. The van der Waals surface area contributed by atoms with Gasteiger partial charge in [0, 0.05) is 11.8 Å². The Labute approximate surface area is 234 Å². The maximum absolute atomic E-state index is 9.48. The molecule has 4 aromatic rings. The van der Waals surface area contributed by atoms with E-state index < -0.39 is 35.3 Å². The molecule has 1 aromatic heterocycles. The summed E-state index contributed by atoms with van der Waals surface area (Å²) in [5.74, 6) is -0.835. The number of benzene rings is 3. The van der Waals surface area contributed by atoms with Crippen molar-refractivity contribution in [3.63, 3.8) is 0 Å². The van der Waals surface area contributed by atoms with Crippen LogP contribution in [0.25, 0.3) is 0 Å². The van der Waals surface area contributed by atoms with E-state index in [1.807, 2.05) is 75.4 Å². The number of ether oxygens (including phenoxy) is 4. The molecule has 0 unspecified atom stereocenters. The van der Waals surface area contributed by atoms with Gasteiger partial charge in [0.2, 0.25) is 0 Å². The van der Waals surface area contributed by atoms with Gasteiger partial charge in [0.1, 0.15) is 41.3 Å². The predicted octanol–water partition coefficient (Wildman–Crippen LogP) is 5.83. The van der Waals surface area contributed by atoms with Crippen LogP contribution in [0, 0.1) is 11.3 Å². The lowest BCUT2D eigenvalue weighted by Crippen LogP contribution is -2.42. The van der Waals surface area contributed by atoms with Gasteiger partial charge in [0.15, 0.2) is 5.79 Å². The van der Waals surface area contributed by atoms with Crippen LogP contribution in [-0.2, 0) is 24.5 Å². The fourth-order valence-corrected chi connectivity index (χ4v) is 6.31. The van der Waals surface area contributed by atoms with E-state index in [0.717, 1.165) is 16.7 Å². The van der Waals surface area contributed by atoms with Gasteiger partial charge in [-0.2, -0.15) is 5.26 Å². The third-order valence-electron chi connectivity index (χ3n) is 7.96. The van der Waals surface area contributed by atoms with E-state index in [-0.39, 0.29) is 6.61 Å². The molecule has 4 atom stereocenters. The number of nitrogens with zero attached hydrogens (tertiary/aromatic N) is 1. The van der Waals surface area contributed by atoms with Crippen molar-refractivity contribution >= 4 is 5.69 Å². The van der Waals surface area contributed by atoms with Crippen LogP contribution in [0.15, 0.2) is 97.2 Å². The van der Waals surface area contributed by atoms with Crippen molar-refractivity contribution in [3.05, 3.63) is 125 Å². The number of fused-ring (bicyclic) bond motifs is 1. The second-order valence-electron chi connectivity index (χ2n) is 11.0. The molecular formula is C33H33N3O4. The molecule has 3 heterocycles. The van der Waals surface area contributed by atoms with Gasteiger partial charge in [-0.25, -0.2) is 0 Å². The van der Waals surface area contributed by atoms with Crippen LogP contribution in [0.3, 0.4) is 0 Å². The summed E-state index contributed by atoms with van der Waals surface area (Å²) in [6, 6.07) is 32.8. The minimum atomic E-state index is -0.905. The number of H-pyrrole nitrogens is 1. The zero-order chi connectivity index (χ0) is 28.0. The summed E-state index contributed by atoms with van der Waals surface area (Å²) in [5, 5.41) is 9.48. The van der Waals surface area contributed by atoms with Gasteiger partial charge in [0.25, 0.3) is 0 Å². The summed E-state index contributed by atoms with van der Waals surface area (Å²) in [6.45, 7) is 5.99. The first-order valence-electron chi connectivity index (χ1n) is 13.5. The molecule has 0 radical (unpaired) electrons. The van der Waals surface area contributed by atoms with Gasteiger partial charge >= 0.3 is 0 Å². The SMILES string of the molecule is CC1(C)O[C@@H]2[C@@H](COC(c3ccccc3)(c3ccccc3)c3ccccc3)O[C@@H](c3c[nH]c(C#N)c3N)[C@]2(C)O1. The zero-order valence-electron chi connectivity index (χ0n) is 22.8. The van der Waals surface area contributed by atoms with E-state index in [1.165, 1.54) is 0 Å². The van der Waals surface area contributed by atoms with E-state index in [9.17, 15) is 5.26 Å². The Balaban J connectivity index is 1.42. The van der Waals surface area contributed by atoms with E-state index in [0.29, 0.717) is 16.9 Å². The lowest BCUT2D eigenvalue weighted by atomic mass is 9.80. The highest BCUT2D eigenvalue weighted by Crippen LogP contribution is 2.54. The van der Waals surface area contributed by atoms with Crippen molar-refractivity contribution in [1.82, 2.24) is 4.98 Å². The molecule has 0 amide bonds. The highest BCUT2D eigenvalue weighted by Gasteiger charge is 2.64. The van der Waals surface area contributed by atoms with Gasteiger partial charge in [-0.15, -0.1) is 0 Å². The third-order valence-corrected chi connectivity index (χ3v) is 7.96. The Morgan fingerprint density at radius 1 is 0.900 bits per heavy atom. The molecule has 40 heavy (non-hydrogen) atoms. The highest BCUT2D eigenvalue weighted by molar-refractivity contribution is 5.58. The molecule has 3 aromatic carbocycles. The van der Waals surface area contributed by atoms with Gasteiger partial charge < -0.3 is 29.7 Å². The average molecular weight is 536 g/mol. The summed E-state index contributed by atoms with van der Waals surface area (Å²) in [6.07, 6.45) is 0.242. The van der Waals surface area contributed by atoms with Crippen molar-refractivity contribution < 1.29 is 18.9 Å². The van der Waals surface area contributed by atoms with Crippen LogP contribution in [0.5, 0.6) is 0 Å². The largest absolute Gasteiger partial charge is 0.396 e. The molecule has 0 saturated carbocycles. The zero-order valence-corrected chi connectivity index (χ0v) is 22.8. The Bertz CT molecular complexity index is 1420. The molecule has 7 nitrogen and oxygen atoms in total. The van der Waals surface area contributed by atoms with Crippen LogP contribution in [0.4, 0.5) is 5.69 Å². The number of nitrogens with one attached hydrogen (secondary N) is 1. The molecule has 3 N–H and O–H groups in total.